The first kappa shape index (κ1) is 12.9. The number of nitrogens with two attached hydrogens (primary N) is 1. The molecule has 0 bridgehead atoms. The Hall–Kier alpha value is -1.08. The molecule has 0 rings (SSSR count). The van der Waals surface area contributed by atoms with Crippen molar-refractivity contribution in [3.63, 3.8) is 0 Å². The van der Waals surface area contributed by atoms with E-state index in [9.17, 15) is 4.79 Å². The Balaban J connectivity index is 4.57. The van der Waals surface area contributed by atoms with Gasteiger partial charge >= 0.3 is 0 Å². The number of nitrogens with zero attached hydrogens (tertiary/aromatic N) is 2. The Kier molecular flexibility index (Phi) is 4.08. The van der Waals surface area contributed by atoms with Crippen LogP contribution in [0.4, 0.5) is 0 Å². The highest BCUT2D eigenvalue weighted by Crippen LogP contribution is 2.19. The van der Waals surface area contributed by atoms with Crippen LogP contribution in [0.3, 0.4) is 0 Å². The van der Waals surface area contributed by atoms with Crippen molar-refractivity contribution >= 4 is 5.91 Å². The smallest absolute Gasteiger partial charge is 0.240 e. The summed E-state index contributed by atoms with van der Waals surface area (Å²) in [6, 6.07) is 1.00. The fraction of sp³-hybridized carbons (Fsp3) is 0.800. The zero-order valence-electron chi connectivity index (χ0n) is 9.53. The summed E-state index contributed by atoms with van der Waals surface area (Å²) in [6.07, 6.45) is 0. The fourth-order valence-corrected chi connectivity index (χ4v) is 0.867. The molecule has 0 unspecified atom stereocenters. The minimum Gasteiger partial charge on any atom is -0.329 e. The summed E-state index contributed by atoms with van der Waals surface area (Å²) in [4.78, 5) is 13.1. The van der Waals surface area contributed by atoms with Crippen LogP contribution in [0.2, 0.25) is 0 Å². The molecule has 0 aliphatic rings. The van der Waals surface area contributed by atoms with E-state index >= 15 is 0 Å². The number of hydrogen-bond acceptors (Lipinski definition) is 3. The molecule has 0 radical (unpaired) electrons. The molecule has 0 saturated heterocycles. The molecular formula is C10H19N3O. The van der Waals surface area contributed by atoms with Gasteiger partial charge < -0.3 is 10.6 Å². The number of nitriles is 1. The minimum atomic E-state index is -0.566. The van der Waals surface area contributed by atoms with Crippen molar-refractivity contribution in [2.45, 2.75) is 39.8 Å². The molecular weight excluding hydrogens is 178 g/mol. The van der Waals surface area contributed by atoms with Crippen LogP contribution in [-0.4, -0.2) is 29.9 Å². The highest BCUT2D eigenvalue weighted by molar-refractivity contribution is 5.82. The second-order valence-corrected chi connectivity index (χ2v) is 4.60. The minimum absolute atomic E-state index is 0.188. The van der Waals surface area contributed by atoms with Gasteiger partial charge in [0.25, 0.3) is 0 Å². The van der Waals surface area contributed by atoms with Crippen LogP contribution in [0, 0.1) is 16.7 Å². The summed E-state index contributed by atoms with van der Waals surface area (Å²) in [5.74, 6) is -0.188. The number of hydrogen-bond donors (Lipinski definition) is 1. The maximum atomic E-state index is 11.7. The van der Waals surface area contributed by atoms with E-state index in [1.165, 1.54) is 4.90 Å². The summed E-state index contributed by atoms with van der Waals surface area (Å²) >= 11 is 0. The number of carbonyl (C=O) groups is 1. The van der Waals surface area contributed by atoms with Gasteiger partial charge in [-0.1, -0.05) is 20.8 Å². The third-order valence-electron chi connectivity index (χ3n) is 2.31. The molecule has 4 nitrogen and oxygen atoms in total. The topological polar surface area (TPSA) is 70.1 Å². The Morgan fingerprint density at radius 2 is 1.93 bits per heavy atom. The van der Waals surface area contributed by atoms with Crippen LogP contribution in [0.15, 0.2) is 0 Å². The standard InChI is InChI=1S/C10H19N3O/c1-7(6-11)13(5)9(14)8(12)10(2,3)4/h7-8H,12H2,1-5H3/t7-,8-/m1/s1. The highest BCUT2D eigenvalue weighted by Gasteiger charge is 2.31. The van der Waals surface area contributed by atoms with Crippen LogP contribution >= 0.6 is 0 Å². The molecule has 0 aromatic rings. The fourth-order valence-electron chi connectivity index (χ4n) is 0.867. The van der Waals surface area contributed by atoms with Crippen LogP contribution in [0.5, 0.6) is 0 Å². The van der Waals surface area contributed by atoms with Crippen molar-refractivity contribution < 1.29 is 4.79 Å². The van der Waals surface area contributed by atoms with Gasteiger partial charge in [-0.25, -0.2) is 0 Å². The Bertz CT molecular complexity index is 249. The summed E-state index contributed by atoms with van der Waals surface area (Å²) in [5.41, 5.74) is 5.51. The second-order valence-electron chi connectivity index (χ2n) is 4.60. The van der Waals surface area contributed by atoms with Gasteiger partial charge in [-0.05, 0) is 12.3 Å². The van der Waals surface area contributed by atoms with Gasteiger partial charge in [0.1, 0.15) is 6.04 Å². The van der Waals surface area contributed by atoms with E-state index in [-0.39, 0.29) is 11.3 Å². The Morgan fingerprint density at radius 1 is 1.50 bits per heavy atom. The maximum absolute atomic E-state index is 11.7. The first-order valence-corrected chi connectivity index (χ1v) is 4.63. The molecule has 0 aliphatic heterocycles. The SMILES string of the molecule is C[C@H](C#N)N(C)C(=O)[C@@H](N)C(C)(C)C. The normalized spacial score (nSPS) is 15.5. The van der Waals surface area contributed by atoms with Gasteiger partial charge in [-0.2, -0.15) is 5.26 Å². The average Bonchev–Trinajstić information content (AvgIpc) is 2.11. The molecule has 2 atom stereocenters. The van der Waals surface area contributed by atoms with E-state index in [0.29, 0.717) is 0 Å². The lowest BCUT2D eigenvalue weighted by atomic mass is 9.86. The summed E-state index contributed by atoms with van der Waals surface area (Å²) in [7, 11) is 1.60. The molecule has 0 saturated carbocycles. The average molecular weight is 197 g/mol. The van der Waals surface area contributed by atoms with Gasteiger partial charge in [0.15, 0.2) is 0 Å². The largest absolute Gasteiger partial charge is 0.329 e. The number of amides is 1. The summed E-state index contributed by atoms with van der Waals surface area (Å²) in [5, 5.41) is 8.65. The monoisotopic (exact) mass is 197 g/mol. The molecule has 0 aliphatic carbocycles. The lowest BCUT2D eigenvalue weighted by Crippen LogP contribution is -2.51. The Morgan fingerprint density at radius 3 is 2.21 bits per heavy atom. The molecule has 4 heteroatoms. The lowest BCUT2D eigenvalue weighted by molar-refractivity contribution is -0.134. The van der Waals surface area contributed by atoms with Crippen molar-refractivity contribution in [1.82, 2.24) is 4.90 Å². The van der Waals surface area contributed by atoms with Gasteiger partial charge in [0.2, 0.25) is 5.91 Å². The van der Waals surface area contributed by atoms with Crippen molar-refractivity contribution in [3.8, 4) is 6.07 Å². The molecule has 1 amide bonds. The highest BCUT2D eigenvalue weighted by atomic mass is 16.2. The molecule has 0 aromatic heterocycles. The van der Waals surface area contributed by atoms with Crippen LogP contribution in [0.1, 0.15) is 27.7 Å². The zero-order valence-corrected chi connectivity index (χ0v) is 9.53. The second kappa shape index (κ2) is 4.43. The molecule has 80 valence electrons. The third kappa shape index (κ3) is 3.00. The summed E-state index contributed by atoms with van der Waals surface area (Å²) in [6.45, 7) is 7.38. The van der Waals surface area contributed by atoms with Gasteiger partial charge in [0, 0.05) is 7.05 Å². The van der Waals surface area contributed by atoms with Crippen molar-refractivity contribution in [3.05, 3.63) is 0 Å². The van der Waals surface area contributed by atoms with E-state index in [1.807, 2.05) is 26.8 Å². The zero-order chi connectivity index (χ0) is 11.5. The van der Waals surface area contributed by atoms with Gasteiger partial charge in [-0.3, -0.25) is 4.79 Å². The number of carbonyl (C=O) groups excluding carboxylic acids is 1. The van der Waals surface area contributed by atoms with Crippen LogP contribution < -0.4 is 5.73 Å². The first-order valence-electron chi connectivity index (χ1n) is 4.63. The Labute approximate surface area is 85.7 Å². The van der Waals surface area contributed by atoms with Crippen molar-refractivity contribution in [2.75, 3.05) is 7.05 Å². The van der Waals surface area contributed by atoms with E-state index in [4.69, 9.17) is 11.0 Å². The van der Waals surface area contributed by atoms with Crippen LogP contribution in [0.25, 0.3) is 0 Å². The predicted molar refractivity (Wildman–Crippen MR) is 55.3 cm³/mol. The van der Waals surface area contributed by atoms with Gasteiger partial charge in [-0.15, -0.1) is 0 Å². The maximum Gasteiger partial charge on any atom is 0.240 e. The quantitative estimate of drug-likeness (QED) is 0.709. The molecule has 2 N–H and O–H groups in total. The van der Waals surface area contributed by atoms with E-state index < -0.39 is 12.1 Å². The third-order valence-corrected chi connectivity index (χ3v) is 2.31. The first-order chi connectivity index (χ1) is 6.21. The van der Waals surface area contributed by atoms with Gasteiger partial charge in [0.05, 0.1) is 12.1 Å². The number of likely N-dealkylation sites (N-methyl/N-ethyl adjacent to an activating group) is 1. The summed E-state index contributed by atoms with van der Waals surface area (Å²) < 4.78 is 0. The van der Waals surface area contributed by atoms with Crippen molar-refractivity contribution in [1.29, 1.82) is 5.26 Å². The van der Waals surface area contributed by atoms with Crippen LogP contribution in [-0.2, 0) is 4.79 Å². The predicted octanol–water partition coefficient (Wildman–Crippen LogP) is 0.730. The lowest BCUT2D eigenvalue weighted by Gasteiger charge is -2.30. The molecule has 0 heterocycles. The molecule has 0 spiro atoms. The van der Waals surface area contributed by atoms with Crippen molar-refractivity contribution in [2.24, 2.45) is 11.1 Å². The molecule has 0 aromatic carbocycles. The molecule has 0 fully saturated rings. The van der Waals surface area contributed by atoms with E-state index in [0.717, 1.165) is 0 Å². The van der Waals surface area contributed by atoms with E-state index in [1.54, 1.807) is 14.0 Å². The molecule has 14 heavy (non-hydrogen) atoms. The number of rotatable bonds is 2. The van der Waals surface area contributed by atoms with E-state index in [2.05, 4.69) is 0 Å².